The van der Waals surface area contributed by atoms with Crippen molar-refractivity contribution < 1.29 is 9.18 Å². The first-order valence-electron chi connectivity index (χ1n) is 4.89. The Morgan fingerprint density at radius 3 is 2.41 bits per heavy atom. The number of Topliss-reactive ketones (excluding diaryl/α,β-unsaturated/α-hetero) is 1. The Kier molecular flexibility index (Phi) is 4.19. The van der Waals surface area contributed by atoms with Crippen molar-refractivity contribution in [2.45, 2.75) is 6.92 Å². The third kappa shape index (κ3) is 3.02. The van der Waals surface area contributed by atoms with Gasteiger partial charge >= 0.3 is 0 Å². The maximum atomic E-state index is 13.0. The van der Waals surface area contributed by atoms with Crippen LogP contribution in [-0.2, 0) is 0 Å². The van der Waals surface area contributed by atoms with Crippen LogP contribution in [0.5, 0.6) is 0 Å². The number of carbonyl (C=O) groups is 1. The number of nitrogens with zero attached hydrogens (tertiary/aromatic N) is 3. The van der Waals surface area contributed by atoms with Gasteiger partial charge < -0.3 is 4.90 Å². The highest BCUT2D eigenvalue weighted by Gasteiger charge is 2.14. The normalized spacial score (nSPS) is 9.18. The van der Waals surface area contributed by atoms with E-state index < -0.39 is 5.82 Å². The minimum absolute atomic E-state index is 0.0283. The van der Waals surface area contributed by atoms with E-state index >= 15 is 0 Å². The zero-order valence-electron chi connectivity index (χ0n) is 9.27. The van der Waals surface area contributed by atoms with E-state index in [0.717, 1.165) is 6.07 Å². The van der Waals surface area contributed by atoms with Crippen molar-refractivity contribution in [1.82, 2.24) is 0 Å². The third-order valence-corrected chi connectivity index (χ3v) is 2.20. The van der Waals surface area contributed by atoms with E-state index in [4.69, 9.17) is 10.5 Å². The van der Waals surface area contributed by atoms with Gasteiger partial charge in [-0.15, -0.1) is 0 Å². The maximum absolute atomic E-state index is 13.0. The smallest absolute Gasteiger partial charge is 0.161 e. The van der Waals surface area contributed by atoms with Gasteiger partial charge in [0.1, 0.15) is 18.9 Å². The van der Waals surface area contributed by atoms with E-state index in [-0.39, 0.29) is 24.4 Å². The maximum Gasteiger partial charge on any atom is 0.161 e. The minimum Gasteiger partial charge on any atom is -0.344 e. The molecule has 0 saturated heterocycles. The van der Waals surface area contributed by atoms with Crippen LogP contribution < -0.4 is 4.90 Å². The summed E-state index contributed by atoms with van der Waals surface area (Å²) in [5.74, 6) is -0.826. The summed E-state index contributed by atoms with van der Waals surface area (Å²) in [5.41, 5.74) is 0.581. The molecule has 0 saturated carbocycles. The van der Waals surface area contributed by atoms with Crippen molar-refractivity contribution in [3.05, 3.63) is 29.6 Å². The second kappa shape index (κ2) is 5.62. The first-order valence-corrected chi connectivity index (χ1v) is 4.89. The van der Waals surface area contributed by atoms with Gasteiger partial charge in [-0.1, -0.05) is 0 Å². The van der Waals surface area contributed by atoms with E-state index in [0.29, 0.717) is 5.69 Å². The summed E-state index contributed by atoms with van der Waals surface area (Å²) < 4.78 is 13.0. The molecule has 0 N–H and O–H groups in total. The molecule has 0 bridgehead atoms. The Hall–Kier alpha value is -2.40. The summed E-state index contributed by atoms with van der Waals surface area (Å²) >= 11 is 0. The molecular weight excluding hydrogens is 221 g/mol. The van der Waals surface area contributed by atoms with Gasteiger partial charge in [0.25, 0.3) is 0 Å². The summed E-state index contributed by atoms with van der Waals surface area (Å²) in [5, 5.41) is 17.3. The lowest BCUT2D eigenvalue weighted by molar-refractivity contribution is 0.101. The van der Waals surface area contributed by atoms with Crippen LogP contribution in [0.3, 0.4) is 0 Å². The van der Waals surface area contributed by atoms with Gasteiger partial charge in [-0.05, 0) is 25.1 Å². The second-order valence-electron chi connectivity index (χ2n) is 3.39. The summed E-state index contributed by atoms with van der Waals surface area (Å²) in [6.45, 7) is 1.26. The molecule has 0 amide bonds. The fourth-order valence-corrected chi connectivity index (χ4v) is 1.46. The highest BCUT2D eigenvalue weighted by Crippen LogP contribution is 2.21. The van der Waals surface area contributed by atoms with Crippen molar-refractivity contribution in [3.8, 4) is 12.1 Å². The quantitative estimate of drug-likeness (QED) is 0.586. The number of rotatable bonds is 4. The van der Waals surface area contributed by atoms with E-state index in [2.05, 4.69) is 0 Å². The molecule has 1 rings (SSSR count). The standard InChI is InChI=1S/C12H10FN3O/c1-9(17)11-8-10(13)2-3-12(11)16(6-4-14)7-5-15/h2-3,8H,6-7H2,1H3. The highest BCUT2D eigenvalue weighted by molar-refractivity contribution is 5.99. The molecule has 86 valence electrons. The lowest BCUT2D eigenvalue weighted by Crippen LogP contribution is -2.25. The Balaban J connectivity index is 3.23. The molecule has 4 nitrogen and oxygen atoms in total. The molecule has 0 atom stereocenters. The van der Waals surface area contributed by atoms with E-state index in [1.807, 2.05) is 12.1 Å². The highest BCUT2D eigenvalue weighted by atomic mass is 19.1. The number of ketones is 1. The van der Waals surface area contributed by atoms with Crippen LogP contribution in [0.25, 0.3) is 0 Å². The van der Waals surface area contributed by atoms with Crippen LogP contribution in [0.4, 0.5) is 10.1 Å². The first kappa shape index (κ1) is 12.7. The van der Waals surface area contributed by atoms with Crippen LogP contribution >= 0.6 is 0 Å². The predicted octanol–water partition coefficient (Wildman–Crippen LogP) is 1.88. The average molecular weight is 231 g/mol. The zero-order chi connectivity index (χ0) is 12.8. The largest absolute Gasteiger partial charge is 0.344 e. The van der Waals surface area contributed by atoms with Gasteiger partial charge in [-0.2, -0.15) is 10.5 Å². The third-order valence-electron chi connectivity index (χ3n) is 2.20. The van der Waals surface area contributed by atoms with Crippen LogP contribution in [0.1, 0.15) is 17.3 Å². The van der Waals surface area contributed by atoms with Crippen LogP contribution in [0, 0.1) is 28.5 Å². The number of anilines is 1. The lowest BCUT2D eigenvalue weighted by Gasteiger charge is -2.20. The number of halogens is 1. The van der Waals surface area contributed by atoms with Gasteiger partial charge in [-0.25, -0.2) is 4.39 Å². The van der Waals surface area contributed by atoms with Crippen molar-refractivity contribution in [3.63, 3.8) is 0 Å². The second-order valence-corrected chi connectivity index (χ2v) is 3.39. The lowest BCUT2D eigenvalue weighted by atomic mass is 10.1. The number of hydrogen-bond donors (Lipinski definition) is 0. The minimum atomic E-state index is -0.521. The fraction of sp³-hybridized carbons (Fsp3) is 0.250. The average Bonchev–Trinajstić information content (AvgIpc) is 2.28. The molecule has 0 aliphatic carbocycles. The van der Waals surface area contributed by atoms with Crippen molar-refractivity contribution in [1.29, 1.82) is 10.5 Å². The summed E-state index contributed by atoms with van der Waals surface area (Å²) in [6, 6.07) is 7.52. The number of carbonyl (C=O) groups excluding carboxylic acids is 1. The van der Waals surface area contributed by atoms with E-state index in [1.165, 1.54) is 24.0 Å². The Bertz CT molecular complexity index is 497. The fourth-order valence-electron chi connectivity index (χ4n) is 1.46. The van der Waals surface area contributed by atoms with Crippen LogP contribution in [0.15, 0.2) is 18.2 Å². The van der Waals surface area contributed by atoms with Gasteiger partial charge in [0, 0.05) is 11.3 Å². The number of benzene rings is 1. The molecular formula is C12H10FN3O. The molecule has 0 fully saturated rings. The molecule has 17 heavy (non-hydrogen) atoms. The molecule has 1 aromatic rings. The van der Waals surface area contributed by atoms with Gasteiger partial charge in [0.2, 0.25) is 0 Å². The molecule has 1 aromatic carbocycles. The van der Waals surface area contributed by atoms with Crippen LogP contribution in [-0.4, -0.2) is 18.9 Å². The SMILES string of the molecule is CC(=O)c1cc(F)ccc1N(CC#N)CC#N. The van der Waals surface area contributed by atoms with E-state index in [1.54, 1.807) is 0 Å². The molecule has 0 spiro atoms. The monoisotopic (exact) mass is 231 g/mol. The Labute approximate surface area is 98.5 Å². The summed E-state index contributed by atoms with van der Waals surface area (Å²) in [7, 11) is 0. The Morgan fingerprint density at radius 1 is 1.35 bits per heavy atom. The van der Waals surface area contributed by atoms with Crippen molar-refractivity contribution in [2.75, 3.05) is 18.0 Å². The molecule has 0 unspecified atom stereocenters. The molecule has 0 heterocycles. The topological polar surface area (TPSA) is 67.9 Å². The summed E-state index contributed by atoms with van der Waals surface area (Å²) in [4.78, 5) is 12.8. The zero-order valence-corrected chi connectivity index (χ0v) is 9.27. The molecule has 0 aliphatic heterocycles. The van der Waals surface area contributed by atoms with Crippen LogP contribution in [0.2, 0.25) is 0 Å². The van der Waals surface area contributed by atoms with Gasteiger partial charge in [0.15, 0.2) is 5.78 Å². The number of hydrogen-bond acceptors (Lipinski definition) is 4. The first-order chi connectivity index (χ1) is 8.10. The molecule has 0 aliphatic rings. The van der Waals surface area contributed by atoms with Crippen molar-refractivity contribution >= 4 is 11.5 Å². The molecule has 0 aromatic heterocycles. The summed E-state index contributed by atoms with van der Waals surface area (Å²) in [6.07, 6.45) is 0. The van der Waals surface area contributed by atoms with E-state index in [9.17, 15) is 9.18 Å². The Morgan fingerprint density at radius 2 is 1.94 bits per heavy atom. The predicted molar refractivity (Wildman–Crippen MR) is 59.8 cm³/mol. The van der Waals surface area contributed by atoms with Gasteiger partial charge in [0.05, 0.1) is 12.1 Å². The van der Waals surface area contributed by atoms with Crippen molar-refractivity contribution in [2.24, 2.45) is 0 Å². The molecule has 5 heteroatoms. The number of nitriles is 2. The molecule has 0 radical (unpaired) electrons. The van der Waals surface area contributed by atoms with Gasteiger partial charge in [-0.3, -0.25) is 4.79 Å².